The van der Waals surface area contributed by atoms with E-state index in [1.807, 2.05) is 26.0 Å². The highest BCUT2D eigenvalue weighted by atomic mass is 16.6. The minimum Gasteiger partial charge on any atom is -0.482 e. The molecule has 1 atom stereocenters. The summed E-state index contributed by atoms with van der Waals surface area (Å²) in [5, 5.41) is 0. The Labute approximate surface area is 153 Å². The topological polar surface area (TPSA) is 76.2 Å². The normalized spacial score (nSPS) is 15.4. The number of ether oxygens (including phenoxy) is 2. The standard InChI is InChI=1S/C19H26N2O5/c1-13-5-6-17(14(2)11-13)25-12-18(23)26-15(3)19(24)21-9-7-20(8-10-21)16(4)22/h5-6,11,15H,7-10,12H2,1-4H3/t15-/m1/s1. The molecule has 1 heterocycles. The van der Waals surface area contributed by atoms with E-state index in [-0.39, 0.29) is 18.4 Å². The Morgan fingerprint density at radius 1 is 1.08 bits per heavy atom. The first-order valence-corrected chi connectivity index (χ1v) is 8.71. The number of amides is 2. The maximum absolute atomic E-state index is 12.4. The van der Waals surface area contributed by atoms with Crippen molar-refractivity contribution in [1.82, 2.24) is 9.80 Å². The minimum absolute atomic E-state index is 0.000114. The van der Waals surface area contributed by atoms with Gasteiger partial charge < -0.3 is 19.3 Å². The lowest BCUT2D eigenvalue weighted by Crippen LogP contribution is -2.52. The lowest BCUT2D eigenvalue weighted by Gasteiger charge is -2.35. The molecule has 0 spiro atoms. The van der Waals surface area contributed by atoms with Gasteiger partial charge >= 0.3 is 5.97 Å². The number of hydrogen-bond acceptors (Lipinski definition) is 5. The molecule has 26 heavy (non-hydrogen) atoms. The molecule has 0 aliphatic carbocycles. The van der Waals surface area contributed by atoms with Crippen molar-refractivity contribution < 1.29 is 23.9 Å². The molecule has 1 aromatic rings. The van der Waals surface area contributed by atoms with Crippen LogP contribution in [0.1, 0.15) is 25.0 Å². The number of hydrogen-bond donors (Lipinski definition) is 0. The molecular formula is C19H26N2O5. The van der Waals surface area contributed by atoms with E-state index in [1.165, 1.54) is 6.92 Å². The number of benzene rings is 1. The molecule has 2 amide bonds. The summed E-state index contributed by atoms with van der Waals surface area (Å²) in [7, 11) is 0. The summed E-state index contributed by atoms with van der Waals surface area (Å²) in [6.45, 7) is 8.58. The van der Waals surface area contributed by atoms with Gasteiger partial charge in [0.05, 0.1) is 0 Å². The van der Waals surface area contributed by atoms with E-state index in [4.69, 9.17) is 9.47 Å². The molecule has 142 valence electrons. The van der Waals surface area contributed by atoms with Crippen molar-refractivity contribution in [3.8, 4) is 5.75 Å². The Balaban J connectivity index is 1.79. The predicted octanol–water partition coefficient (Wildman–Crippen LogP) is 1.30. The monoisotopic (exact) mass is 362 g/mol. The molecule has 0 saturated carbocycles. The number of aryl methyl sites for hydroxylation is 2. The quantitative estimate of drug-likeness (QED) is 0.738. The molecule has 0 bridgehead atoms. The highest BCUT2D eigenvalue weighted by molar-refractivity contribution is 5.84. The maximum atomic E-state index is 12.4. The van der Waals surface area contributed by atoms with Gasteiger partial charge in [0.15, 0.2) is 12.7 Å². The first-order valence-electron chi connectivity index (χ1n) is 8.71. The molecule has 7 nitrogen and oxygen atoms in total. The summed E-state index contributed by atoms with van der Waals surface area (Å²) in [5.41, 5.74) is 2.05. The molecule has 0 aromatic heterocycles. The van der Waals surface area contributed by atoms with E-state index >= 15 is 0 Å². The van der Waals surface area contributed by atoms with Crippen LogP contribution in [0.5, 0.6) is 5.75 Å². The smallest absolute Gasteiger partial charge is 0.344 e. The molecule has 1 aliphatic heterocycles. The first-order chi connectivity index (χ1) is 12.3. The number of rotatable bonds is 5. The third-order valence-corrected chi connectivity index (χ3v) is 4.37. The second-order valence-corrected chi connectivity index (χ2v) is 6.52. The molecule has 7 heteroatoms. The number of nitrogens with zero attached hydrogens (tertiary/aromatic N) is 2. The summed E-state index contributed by atoms with van der Waals surface area (Å²) in [4.78, 5) is 39.0. The van der Waals surface area contributed by atoms with Gasteiger partial charge in [0.2, 0.25) is 5.91 Å². The predicted molar refractivity (Wildman–Crippen MR) is 95.8 cm³/mol. The fourth-order valence-corrected chi connectivity index (χ4v) is 2.88. The van der Waals surface area contributed by atoms with Crippen molar-refractivity contribution in [2.24, 2.45) is 0 Å². The third-order valence-electron chi connectivity index (χ3n) is 4.37. The Bertz CT molecular complexity index is 681. The van der Waals surface area contributed by atoms with Crippen LogP contribution < -0.4 is 4.74 Å². The number of carbonyl (C=O) groups excluding carboxylic acids is 3. The maximum Gasteiger partial charge on any atom is 0.344 e. The van der Waals surface area contributed by atoms with Gasteiger partial charge in [-0.2, -0.15) is 0 Å². The van der Waals surface area contributed by atoms with Crippen LogP contribution in [0, 0.1) is 13.8 Å². The lowest BCUT2D eigenvalue weighted by atomic mass is 10.1. The number of carbonyl (C=O) groups is 3. The SMILES string of the molecule is CC(=O)N1CCN(C(=O)[C@@H](C)OC(=O)COc2ccc(C)cc2C)CC1. The number of esters is 1. The Hall–Kier alpha value is -2.57. The Kier molecular flexibility index (Phi) is 6.60. The lowest BCUT2D eigenvalue weighted by molar-refractivity contribution is -0.161. The van der Waals surface area contributed by atoms with E-state index < -0.39 is 12.1 Å². The molecule has 0 N–H and O–H groups in total. The van der Waals surface area contributed by atoms with Crippen LogP contribution in [0.2, 0.25) is 0 Å². The van der Waals surface area contributed by atoms with Gasteiger partial charge in [0.1, 0.15) is 5.75 Å². The van der Waals surface area contributed by atoms with Gasteiger partial charge in [0.25, 0.3) is 5.91 Å². The molecule has 0 unspecified atom stereocenters. The van der Waals surface area contributed by atoms with E-state index in [9.17, 15) is 14.4 Å². The van der Waals surface area contributed by atoms with Crippen molar-refractivity contribution in [3.05, 3.63) is 29.3 Å². The van der Waals surface area contributed by atoms with Gasteiger partial charge in [-0.25, -0.2) is 4.79 Å². The van der Waals surface area contributed by atoms with Crippen LogP contribution in [-0.4, -0.2) is 66.5 Å². The zero-order chi connectivity index (χ0) is 19.3. The summed E-state index contributed by atoms with van der Waals surface area (Å²) < 4.78 is 10.7. The van der Waals surface area contributed by atoms with Crippen LogP contribution in [0.3, 0.4) is 0 Å². The van der Waals surface area contributed by atoms with Crippen LogP contribution in [0.15, 0.2) is 18.2 Å². The van der Waals surface area contributed by atoms with Gasteiger partial charge in [-0.05, 0) is 32.4 Å². The van der Waals surface area contributed by atoms with Gasteiger partial charge in [-0.3, -0.25) is 9.59 Å². The highest BCUT2D eigenvalue weighted by Crippen LogP contribution is 2.18. The molecule has 1 aromatic carbocycles. The van der Waals surface area contributed by atoms with Gasteiger partial charge in [0, 0.05) is 33.1 Å². The summed E-state index contributed by atoms with van der Waals surface area (Å²) >= 11 is 0. The Morgan fingerprint density at radius 3 is 2.27 bits per heavy atom. The van der Waals surface area contributed by atoms with Crippen LogP contribution in [0.4, 0.5) is 0 Å². The fraction of sp³-hybridized carbons (Fsp3) is 0.526. The Morgan fingerprint density at radius 2 is 1.69 bits per heavy atom. The van der Waals surface area contributed by atoms with Crippen molar-refractivity contribution in [3.63, 3.8) is 0 Å². The van der Waals surface area contributed by atoms with Crippen molar-refractivity contribution in [2.75, 3.05) is 32.8 Å². The van der Waals surface area contributed by atoms with Crippen molar-refractivity contribution >= 4 is 17.8 Å². The van der Waals surface area contributed by atoms with Gasteiger partial charge in [-0.1, -0.05) is 17.7 Å². The molecule has 0 radical (unpaired) electrons. The van der Waals surface area contributed by atoms with E-state index in [0.29, 0.717) is 31.9 Å². The summed E-state index contributed by atoms with van der Waals surface area (Å²) in [6.07, 6.45) is -0.880. The minimum atomic E-state index is -0.880. The highest BCUT2D eigenvalue weighted by Gasteiger charge is 2.27. The van der Waals surface area contributed by atoms with E-state index in [0.717, 1.165) is 11.1 Å². The van der Waals surface area contributed by atoms with Crippen molar-refractivity contribution in [2.45, 2.75) is 33.8 Å². The molecular weight excluding hydrogens is 336 g/mol. The fourth-order valence-electron chi connectivity index (χ4n) is 2.88. The zero-order valence-electron chi connectivity index (χ0n) is 15.8. The second kappa shape index (κ2) is 8.69. The zero-order valence-corrected chi connectivity index (χ0v) is 15.8. The second-order valence-electron chi connectivity index (χ2n) is 6.52. The molecule has 1 saturated heterocycles. The molecule has 1 fully saturated rings. The largest absolute Gasteiger partial charge is 0.482 e. The summed E-state index contributed by atoms with van der Waals surface area (Å²) in [6, 6.07) is 5.68. The van der Waals surface area contributed by atoms with Crippen molar-refractivity contribution in [1.29, 1.82) is 0 Å². The number of piperazine rings is 1. The first kappa shape index (κ1) is 19.8. The average Bonchev–Trinajstić information content (AvgIpc) is 2.60. The van der Waals surface area contributed by atoms with E-state index in [1.54, 1.807) is 22.8 Å². The average molecular weight is 362 g/mol. The molecule has 2 rings (SSSR count). The van der Waals surface area contributed by atoms with Gasteiger partial charge in [-0.15, -0.1) is 0 Å². The third kappa shape index (κ3) is 5.21. The molecule has 1 aliphatic rings. The summed E-state index contributed by atoms with van der Waals surface area (Å²) in [5.74, 6) is -0.228. The van der Waals surface area contributed by atoms with Crippen LogP contribution in [-0.2, 0) is 19.1 Å². The van der Waals surface area contributed by atoms with Crippen LogP contribution in [0.25, 0.3) is 0 Å². The van der Waals surface area contributed by atoms with Crippen LogP contribution >= 0.6 is 0 Å². The van der Waals surface area contributed by atoms with E-state index in [2.05, 4.69) is 0 Å².